The van der Waals surface area contributed by atoms with Crippen molar-refractivity contribution in [3.05, 3.63) is 192 Å². The predicted octanol–water partition coefficient (Wildman–Crippen LogP) is 9.74. The van der Waals surface area contributed by atoms with Crippen molar-refractivity contribution in [1.82, 2.24) is 14.5 Å². The summed E-state index contributed by atoms with van der Waals surface area (Å²) in [6.45, 7) is 0. The third-order valence-corrected chi connectivity index (χ3v) is 9.16. The second-order valence-corrected chi connectivity index (χ2v) is 11.5. The molecule has 0 radical (unpaired) electrons. The summed E-state index contributed by atoms with van der Waals surface area (Å²) in [4.78, 5) is 12.2. The summed E-state index contributed by atoms with van der Waals surface area (Å²) in [7, 11) is 0. The summed E-state index contributed by atoms with van der Waals surface area (Å²) in [5.41, 5.74) is 10.8. The Morgan fingerprint density at radius 3 is 1.69 bits per heavy atom. The number of hydrogen-bond donors (Lipinski definition) is 0. The summed E-state index contributed by atoms with van der Waals surface area (Å²) < 4.78 is 2.25. The monoisotopic (exact) mass is 576 g/mol. The van der Waals surface area contributed by atoms with E-state index in [-0.39, 0.29) is 0 Å². The molecule has 8 aromatic rings. The lowest BCUT2D eigenvalue weighted by atomic mass is 9.62. The van der Waals surface area contributed by atoms with E-state index in [0.29, 0.717) is 0 Å². The topological polar surface area (TPSA) is 34.0 Å². The first-order chi connectivity index (χ1) is 22.4. The van der Waals surface area contributed by atoms with Gasteiger partial charge in [0.15, 0.2) is 0 Å². The minimum atomic E-state index is -0.498. The Labute approximate surface area is 261 Å². The molecule has 45 heavy (non-hydrogen) atoms. The Morgan fingerprint density at radius 2 is 1.04 bits per heavy atom. The highest BCUT2D eigenvalue weighted by Crippen LogP contribution is 2.57. The van der Waals surface area contributed by atoms with Crippen molar-refractivity contribution in [2.45, 2.75) is 5.41 Å². The second kappa shape index (κ2) is 10.0. The number of fused-ring (bicyclic) bond motifs is 5. The van der Waals surface area contributed by atoms with Crippen LogP contribution in [0.2, 0.25) is 0 Å². The van der Waals surface area contributed by atoms with Crippen molar-refractivity contribution in [3.8, 4) is 5.69 Å². The molecule has 5 aromatic carbocycles. The summed E-state index contributed by atoms with van der Waals surface area (Å²) in [6.07, 6.45) is 3.84. The molecule has 0 atom stereocenters. The van der Waals surface area contributed by atoms with Crippen molar-refractivity contribution in [3.63, 3.8) is 0 Å². The second-order valence-electron chi connectivity index (χ2n) is 11.5. The largest absolute Gasteiger partial charge is 0.306 e. The van der Waals surface area contributed by atoms with Gasteiger partial charge in [0.1, 0.15) is 5.82 Å². The van der Waals surface area contributed by atoms with Crippen LogP contribution < -0.4 is 4.90 Å². The van der Waals surface area contributed by atoms with Crippen LogP contribution in [0, 0.1) is 0 Å². The van der Waals surface area contributed by atoms with E-state index in [4.69, 9.17) is 9.97 Å². The van der Waals surface area contributed by atoms with Gasteiger partial charge in [0.05, 0.1) is 45.2 Å². The van der Waals surface area contributed by atoms with Gasteiger partial charge in [-0.25, -0.2) is 4.98 Å². The molecule has 4 heteroatoms. The van der Waals surface area contributed by atoms with Crippen LogP contribution in [0.4, 0.5) is 17.2 Å². The number of aromatic nitrogens is 3. The number of pyridine rings is 2. The first-order valence-corrected chi connectivity index (χ1v) is 15.3. The zero-order valence-electron chi connectivity index (χ0n) is 24.5. The number of nitrogens with zero attached hydrogens (tertiary/aromatic N) is 4. The van der Waals surface area contributed by atoms with Crippen LogP contribution in [-0.4, -0.2) is 14.5 Å². The van der Waals surface area contributed by atoms with Crippen LogP contribution in [-0.2, 0) is 5.41 Å². The van der Waals surface area contributed by atoms with Crippen LogP contribution in [0.5, 0.6) is 0 Å². The number of hydrogen-bond acceptors (Lipinski definition) is 3. The van der Waals surface area contributed by atoms with Gasteiger partial charge < -0.3 is 4.57 Å². The molecule has 3 aromatic heterocycles. The molecule has 4 heterocycles. The molecule has 1 aliphatic rings. The SMILES string of the molecule is c1ccc(C2(c3ccccc3)c3ccccc3N(c3ccc(-n4c5ccccc5c5ncccc54)cn3)c3ccccc32)cc1. The molecule has 4 nitrogen and oxygen atoms in total. The molecule has 1 aliphatic heterocycles. The molecule has 0 N–H and O–H groups in total. The van der Waals surface area contributed by atoms with Crippen LogP contribution >= 0.6 is 0 Å². The van der Waals surface area contributed by atoms with Crippen molar-refractivity contribution in [2.24, 2.45) is 0 Å². The molecule has 9 rings (SSSR count). The lowest BCUT2D eigenvalue weighted by Crippen LogP contribution is -2.37. The number of benzene rings is 5. The molecule has 0 saturated carbocycles. The van der Waals surface area contributed by atoms with Crippen molar-refractivity contribution >= 4 is 39.1 Å². The molecule has 0 bridgehead atoms. The summed E-state index contributed by atoms with van der Waals surface area (Å²) in [6, 6.07) is 56.2. The van der Waals surface area contributed by atoms with Gasteiger partial charge >= 0.3 is 0 Å². The zero-order valence-corrected chi connectivity index (χ0v) is 24.5. The first-order valence-electron chi connectivity index (χ1n) is 15.3. The van der Waals surface area contributed by atoms with E-state index in [0.717, 1.165) is 44.8 Å². The fourth-order valence-electron chi connectivity index (χ4n) is 7.36. The molecule has 212 valence electrons. The van der Waals surface area contributed by atoms with Crippen molar-refractivity contribution in [2.75, 3.05) is 4.90 Å². The minimum Gasteiger partial charge on any atom is -0.306 e. The molecule has 0 saturated heterocycles. The van der Waals surface area contributed by atoms with Gasteiger partial charge in [-0.05, 0) is 64.7 Å². The molecular formula is C41H28N4. The van der Waals surface area contributed by atoms with E-state index in [1.54, 1.807) is 0 Å². The van der Waals surface area contributed by atoms with Crippen molar-refractivity contribution in [1.29, 1.82) is 0 Å². The molecular weight excluding hydrogens is 548 g/mol. The average molecular weight is 577 g/mol. The van der Waals surface area contributed by atoms with Gasteiger partial charge in [0, 0.05) is 11.6 Å². The third kappa shape index (κ3) is 3.66. The fraction of sp³-hybridized carbons (Fsp3) is 0.0244. The van der Waals surface area contributed by atoms with Crippen LogP contribution in [0.25, 0.3) is 27.6 Å². The van der Waals surface area contributed by atoms with Gasteiger partial charge in [0.25, 0.3) is 0 Å². The molecule has 0 unspecified atom stereocenters. The standard InChI is InChI=1S/C41H28N4/c1-3-14-29(15-4-1)41(30-16-5-2-6-17-30)33-19-8-11-22-36(33)45(37-23-12-9-20-34(37)41)39-26-25-31(28-43-39)44-35-21-10-7-18-32(35)40-38(44)24-13-27-42-40/h1-28H. The van der Waals surface area contributed by atoms with E-state index in [2.05, 4.69) is 161 Å². The quantitative estimate of drug-likeness (QED) is 0.209. The number of rotatable bonds is 4. The average Bonchev–Trinajstić information content (AvgIpc) is 3.46. The van der Waals surface area contributed by atoms with Gasteiger partial charge in [-0.15, -0.1) is 0 Å². The zero-order chi connectivity index (χ0) is 29.8. The van der Waals surface area contributed by atoms with Gasteiger partial charge in [-0.1, -0.05) is 115 Å². The maximum atomic E-state index is 5.15. The van der Waals surface area contributed by atoms with E-state index < -0.39 is 5.41 Å². The maximum absolute atomic E-state index is 5.15. The Balaban J connectivity index is 1.27. The van der Waals surface area contributed by atoms with E-state index >= 15 is 0 Å². The van der Waals surface area contributed by atoms with E-state index in [1.807, 2.05) is 18.5 Å². The van der Waals surface area contributed by atoms with Gasteiger partial charge in [0.2, 0.25) is 0 Å². The summed E-state index contributed by atoms with van der Waals surface area (Å²) >= 11 is 0. The third-order valence-electron chi connectivity index (χ3n) is 9.16. The van der Waals surface area contributed by atoms with E-state index in [9.17, 15) is 0 Å². The Hall–Kier alpha value is -6.00. The van der Waals surface area contributed by atoms with E-state index in [1.165, 1.54) is 22.3 Å². The highest BCUT2D eigenvalue weighted by molar-refractivity contribution is 6.06. The maximum Gasteiger partial charge on any atom is 0.137 e. The van der Waals surface area contributed by atoms with Crippen LogP contribution in [0.3, 0.4) is 0 Å². The van der Waals surface area contributed by atoms with Gasteiger partial charge in [-0.2, -0.15) is 0 Å². The lowest BCUT2D eigenvalue weighted by molar-refractivity contribution is 0.730. The normalized spacial score (nSPS) is 13.5. The Morgan fingerprint density at radius 1 is 0.467 bits per heavy atom. The minimum absolute atomic E-state index is 0.498. The summed E-state index contributed by atoms with van der Waals surface area (Å²) in [5, 5.41) is 1.13. The highest BCUT2D eigenvalue weighted by Gasteiger charge is 2.46. The predicted molar refractivity (Wildman–Crippen MR) is 183 cm³/mol. The molecule has 0 aliphatic carbocycles. The Kier molecular flexibility index (Phi) is 5.69. The Bertz CT molecular complexity index is 2180. The smallest absolute Gasteiger partial charge is 0.137 e. The lowest BCUT2D eigenvalue weighted by Gasteiger charge is -2.46. The van der Waals surface area contributed by atoms with Crippen molar-refractivity contribution < 1.29 is 0 Å². The molecule has 0 amide bonds. The number of anilines is 3. The van der Waals surface area contributed by atoms with Crippen LogP contribution in [0.15, 0.2) is 170 Å². The van der Waals surface area contributed by atoms with Crippen LogP contribution in [0.1, 0.15) is 22.3 Å². The molecule has 0 spiro atoms. The number of para-hydroxylation sites is 3. The van der Waals surface area contributed by atoms with Gasteiger partial charge in [-0.3, -0.25) is 9.88 Å². The summed E-state index contributed by atoms with van der Waals surface area (Å²) in [5.74, 6) is 0.868. The highest BCUT2D eigenvalue weighted by atomic mass is 15.2. The fourth-order valence-corrected chi connectivity index (χ4v) is 7.36. The molecule has 0 fully saturated rings. The first kappa shape index (κ1) is 25.5.